The van der Waals surface area contributed by atoms with Crippen LogP contribution < -0.4 is 10.4 Å². The van der Waals surface area contributed by atoms with Gasteiger partial charge < -0.3 is 43.8 Å². The second kappa shape index (κ2) is 20.3. The number of aliphatic hydroxyl groups excluding tert-OH is 4. The molecule has 3 aliphatic heterocycles. The number of carbonyl (C=O) groups is 2. The van der Waals surface area contributed by atoms with Crippen molar-refractivity contribution in [2.75, 3.05) is 26.6 Å². The minimum Gasteiger partial charge on any atom is -0.483 e. The molecule has 0 spiro atoms. The molecule has 0 saturated carbocycles. The minimum absolute atomic E-state index is 0.00598. The summed E-state index contributed by atoms with van der Waals surface area (Å²) in [4.78, 5) is 43.4. The fraction of sp³-hybridized carbons (Fsp3) is 0.389. The van der Waals surface area contributed by atoms with Crippen LogP contribution in [0.5, 0.6) is 5.75 Å². The summed E-state index contributed by atoms with van der Waals surface area (Å²) in [5.41, 5.74) is 4.53. The zero-order chi connectivity index (χ0) is 46.5. The van der Waals surface area contributed by atoms with Crippen LogP contribution in [0.1, 0.15) is 115 Å². The lowest BCUT2D eigenvalue weighted by atomic mass is 9.72. The van der Waals surface area contributed by atoms with Crippen molar-refractivity contribution in [1.29, 1.82) is 0 Å². The molecule has 346 valence electrons. The Morgan fingerprint density at radius 1 is 0.848 bits per heavy atom. The highest BCUT2D eigenvalue weighted by Gasteiger charge is 2.51. The zero-order valence-corrected chi connectivity index (χ0v) is 37.6. The van der Waals surface area contributed by atoms with Gasteiger partial charge in [-0.05, 0) is 110 Å². The van der Waals surface area contributed by atoms with Crippen LogP contribution in [0.4, 0.5) is 0 Å². The number of fused-ring (bicyclic) bond motifs is 11. The van der Waals surface area contributed by atoms with Crippen molar-refractivity contribution >= 4 is 22.9 Å². The normalized spacial score (nSPS) is 22.9. The maximum absolute atomic E-state index is 14.8. The molecule has 0 amide bonds. The molecule has 0 radical (unpaired) electrons. The van der Waals surface area contributed by atoms with Crippen molar-refractivity contribution < 1.29 is 53.4 Å². The van der Waals surface area contributed by atoms with Gasteiger partial charge in [0.1, 0.15) is 23.7 Å². The summed E-state index contributed by atoms with van der Waals surface area (Å²) in [5.74, 6) is -2.14. The summed E-state index contributed by atoms with van der Waals surface area (Å²) < 4.78 is 30.9. The van der Waals surface area contributed by atoms with Crippen molar-refractivity contribution in [2.24, 2.45) is 5.92 Å². The molecule has 1 aromatic heterocycles. The van der Waals surface area contributed by atoms with Gasteiger partial charge in [0, 0.05) is 47.3 Å². The van der Waals surface area contributed by atoms with Crippen LogP contribution in [0.15, 0.2) is 124 Å². The first-order valence-electron chi connectivity index (χ1n) is 22.7. The van der Waals surface area contributed by atoms with E-state index in [1.165, 1.54) is 11.1 Å². The summed E-state index contributed by atoms with van der Waals surface area (Å²) in [6.45, 7) is 3.06. The Hall–Kier alpha value is -5.89. The molecule has 4 heterocycles. The lowest BCUT2D eigenvalue weighted by Gasteiger charge is -2.43. The summed E-state index contributed by atoms with van der Waals surface area (Å²) in [5, 5.41) is 40.8. The smallest absolute Gasteiger partial charge is 0.340 e. The molecule has 0 fully saturated rings. The molecule has 0 saturated heterocycles. The van der Waals surface area contributed by atoms with Crippen molar-refractivity contribution in [3.8, 4) is 5.75 Å². The van der Waals surface area contributed by atoms with Gasteiger partial charge in [-0.15, -0.1) is 0 Å². The van der Waals surface area contributed by atoms with Crippen LogP contribution in [-0.2, 0) is 43.2 Å². The number of rotatable bonds is 11. The molecule has 4 aromatic carbocycles. The van der Waals surface area contributed by atoms with Crippen LogP contribution in [0.25, 0.3) is 11.0 Å². The monoisotopic (exact) mass is 898 g/mol. The molecule has 4 N–H and O–H groups in total. The summed E-state index contributed by atoms with van der Waals surface area (Å²) in [6.07, 6.45) is 4.04. The molecule has 4 aliphatic rings. The summed E-state index contributed by atoms with van der Waals surface area (Å²) in [7, 11) is 0. The number of allylic oxidation sites excluding steroid dienone is 2. The van der Waals surface area contributed by atoms with Gasteiger partial charge in [0.25, 0.3) is 0 Å². The topological polar surface area (TPSA) is 182 Å². The van der Waals surface area contributed by atoms with Crippen LogP contribution in [0.2, 0.25) is 0 Å². The third kappa shape index (κ3) is 9.79. The van der Waals surface area contributed by atoms with Crippen molar-refractivity contribution in [3.63, 3.8) is 0 Å². The van der Waals surface area contributed by atoms with Crippen LogP contribution in [0, 0.1) is 5.92 Å². The quantitative estimate of drug-likeness (QED) is 0.0333. The summed E-state index contributed by atoms with van der Waals surface area (Å²) in [6, 6.07) is 30.4. The van der Waals surface area contributed by atoms with Crippen LogP contribution >= 0.6 is 0 Å². The van der Waals surface area contributed by atoms with E-state index in [1.54, 1.807) is 32.9 Å². The highest BCUT2D eigenvalue weighted by atomic mass is 16.6. The molecule has 1 aliphatic carbocycles. The molecule has 12 nitrogen and oxygen atoms in total. The average Bonchev–Trinajstić information content (AvgIpc) is 3.31. The summed E-state index contributed by atoms with van der Waals surface area (Å²) >= 11 is 0. The van der Waals surface area contributed by atoms with Crippen LogP contribution in [0.3, 0.4) is 0 Å². The van der Waals surface area contributed by atoms with E-state index in [4.69, 9.17) is 23.4 Å². The molecule has 9 rings (SSSR count). The lowest BCUT2D eigenvalue weighted by molar-refractivity contribution is -0.188. The lowest BCUT2D eigenvalue weighted by Crippen LogP contribution is -2.52. The first-order chi connectivity index (χ1) is 31.9. The fourth-order valence-corrected chi connectivity index (χ4v) is 10.1. The predicted molar refractivity (Wildman–Crippen MR) is 247 cm³/mol. The van der Waals surface area contributed by atoms with Crippen LogP contribution in [-0.4, -0.2) is 70.7 Å². The third-order valence-corrected chi connectivity index (χ3v) is 13.5. The molecule has 12 heteroatoms. The van der Waals surface area contributed by atoms with Gasteiger partial charge in [-0.25, -0.2) is 9.59 Å². The Morgan fingerprint density at radius 3 is 2.35 bits per heavy atom. The predicted octanol–water partition coefficient (Wildman–Crippen LogP) is 7.76. The molecule has 5 aromatic rings. The number of hydrogen-bond acceptors (Lipinski definition) is 12. The van der Waals surface area contributed by atoms with Gasteiger partial charge in [0.2, 0.25) is 0 Å². The van der Waals surface area contributed by atoms with Gasteiger partial charge in [-0.3, -0.25) is 4.79 Å². The SMILES string of the molecule is CC(CO)=C1CCc2ccc(cc2)C2C=CC(c3cccc(Cc4ccccc4)c3)CC2CC(=O)OC2c3c(ccc4c(CO)c(C(CCO)COCO)c(=O)oc34)OC(C)(C)C2OC1=O. The molecular weight excluding hydrogens is 841 g/mol. The Balaban J connectivity index is 1.23. The Labute approximate surface area is 384 Å². The second-order valence-corrected chi connectivity index (χ2v) is 18.2. The number of aryl methyl sites for hydroxylation is 1. The molecular formula is C54H58O12. The van der Waals surface area contributed by atoms with E-state index in [2.05, 4.69) is 60.7 Å². The van der Waals surface area contributed by atoms with E-state index in [-0.39, 0.29) is 90.4 Å². The van der Waals surface area contributed by atoms with E-state index in [1.807, 2.05) is 30.3 Å². The van der Waals surface area contributed by atoms with E-state index in [0.29, 0.717) is 23.8 Å². The Bertz CT molecular complexity index is 2660. The minimum atomic E-state index is -1.36. The van der Waals surface area contributed by atoms with Gasteiger partial charge in [0.15, 0.2) is 12.2 Å². The van der Waals surface area contributed by atoms with Crippen molar-refractivity contribution in [2.45, 2.75) is 101 Å². The average molecular weight is 899 g/mol. The van der Waals surface area contributed by atoms with E-state index < -0.39 is 54.7 Å². The van der Waals surface area contributed by atoms with E-state index >= 15 is 0 Å². The number of ether oxygens (including phenoxy) is 4. The molecule has 66 heavy (non-hydrogen) atoms. The van der Waals surface area contributed by atoms with Gasteiger partial charge >= 0.3 is 17.6 Å². The van der Waals surface area contributed by atoms with Gasteiger partial charge in [-0.2, -0.15) is 0 Å². The number of carbonyl (C=O) groups excluding carboxylic acids is 2. The third-order valence-electron chi connectivity index (χ3n) is 13.5. The van der Waals surface area contributed by atoms with E-state index in [9.17, 15) is 34.8 Å². The standard InChI is InChI=1S/C54H58O12/c1-32(28-56)41-18-14-33-12-15-36(16-13-33)42-19-17-38(37-11-7-10-35(25-37)24-34-8-5-4-6-9-34)26-40(42)27-46(59)63-50-48-45(66-54(2,3)51(50)65-52(41)60)21-20-43-44(29-57)47(53(61)64-49(43)48)39(22-23-55)30-62-31-58/h4-13,15-17,19-21,25,38-40,42,50-51,55-58H,14,18,22-24,26-31H2,1-3H3. The zero-order valence-electron chi connectivity index (χ0n) is 37.6. The number of hydrogen-bond donors (Lipinski definition) is 4. The molecule has 6 unspecified atom stereocenters. The first-order valence-corrected chi connectivity index (χ1v) is 22.7. The first kappa shape index (κ1) is 46.6. The second-order valence-electron chi connectivity index (χ2n) is 18.2. The number of esters is 2. The highest BCUT2D eigenvalue weighted by molar-refractivity contribution is 5.90. The van der Waals surface area contributed by atoms with E-state index in [0.717, 1.165) is 23.1 Å². The molecule has 6 atom stereocenters. The fourth-order valence-electron chi connectivity index (χ4n) is 10.1. The number of benzene rings is 4. The van der Waals surface area contributed by atoms with Crippen molar-refractivity contribution in [3.05, 3.63) is 169 Å². The number of aliphatic hydroxyl groups is 4. The Morgan fingerprint density at radius 2 is 1.62 bits per heavy atom. The largest absolute Gasteiger partial charge is 0.483 e. The molecule has 2 bridgehead atoms. The highest BCUT2D eigenvalue weighted by Crippen LogP contribution is 2.49. The van der Waals surface area contributed by atoms with Gasteiger partial charge in [-0.1, -0.05) is 91.0 Å². The Kier molecular flexibility index (Phi) is 14.4. The maximum atomic E-state index is 14.8. The maximum Gasteiger partial charge on any atom is 0.340 e. The van der Waals surface area contributed by atoms with Gasteiger partial charge in [0.05, 0.1) is 25.4 Å². The van der Waals surface area contributed by atoms with Crippen molar-refractivity contribution in [1.82, 2.24) is 0 Å².